The summed E-state index contributed by atoms with van der Waals surface area (Å²) in [6.07, 6.45) is 1.69. The summed E-state index contributed by atoms with van der Waals surface area (Å²) in [5, 5.41) is 11.0. The van der Waals surface area contributed by atoms with E-state index in [9.17, 15) is 4.39 Å². The molecule has 0 amide bonds. The molecule has 0 aliphatic carbocycles. The number of methoxy groups -OCH3 is 1. The second-order valence-electron chi connectivity index (χ2n) is 4.09. The van der Waals surface area contributed by atoms with Crippen LogP contribution in [0.15, 0.2) is 24.5 Å². The van der Waals surface area contributed by atoms with Crippen LogP contribution in [0.1, 0.15) is 18.3 Å². The Balaban J connectivity index is 1.92. The Labute approximate surface area is 111 Å². The van der Waals surface area contributed by atoms with Gasteiger partial charge in [-0.05, 0) is 13.0 Å². The largest absolute Gasteiger partial charge is 0.497 e. The van der Waals surface area contributed by atoms with Gasteiger partial charge in [-0.25, -0.2) is 4.39 Å². The van der Waals surface area contributed by atoms with Crippen molar-refractivity contribution in [3.8, 4) is 5.75 Å². The highest BCUT2D eigenvalue weighted by Crippen LogP contribution is 2.16. The Bertz CT molecular complexity index is 541. The molecule has 0 bridgehead atoms. The smallest absolute Gasteiger partial charge is 0.146 e. The van der Waals surface area contributed by atoms with Gasteiger partial charge < -0.3 is 14.6 Å². The van der Waals surface area contributed by atoms with Crippen LogP contribution in [0.3, 0.4) is 0 Å². The van der Waals surface area contributed by atoms with E-state index in [4.69, 9.17) is 4.74 Å². The lowest BCUT2D eigenvalue weighted by Gasteiger charge is -2.08. The van der Waals surface area contributed by atoms with Gasteiger partial charge in [0.25, 0.3) is 0 Å². The van der Waals surface area contributed by atoms with Gasteiger partial charge in [-0.3, -0.25) is 0 Å². The number of aryl methyl sites for hydroxylation is 1. The zero-order valence-electron chi connectivity index (χ0n) is 11.1. The molecule has 0 unspecified atom stereocenters. The van der Waals surface area contributed by atoms with E-state index in [0.29, 0.717) is 24.4 Å². The topological polar surface area (TPSA) is 52.0 Å². The summed E-state index contributed by atoms with van der Waals surface area (Å²) in [4.78, 5) is 0. The third kappa shape index (κ3) is 3.29. The second-order valence-corrected chi connectivity index (χ2v) is 4.09. The van der Waals surface area contributed by atoms with Crippen molar-refractivity contribution in [2.75, 3.05) is 7.11 Å². The molecule has 6 heteroatoms. The predicted octanol–water partition coefficient (Wildman–Crippen LogP) is 1.74. The monoisotopic (exact) mass is 264 g/mol. The van der Waals surface area contributed by atoms with Gasteiger partial charge in [-0.2, -0.15) is 0 Å². The van der Waals surface area contributed by atoms with E-state index in [-0.39, 0.29) is 5.82 Å². The quantitative estimate of drug-likeness (QED) is 0.863. The highest BCUT2D eigenvalue weighted by atomic mass is 19.1. The predicted molar refractivity (Wildman–Crippen MR) is 69.2 cm³/mol. The first kappa shape index (κ1) is 13.5. The van der Waals surface area contributed by atoms with Crippen molar-refractivity contribution in [1.29, 1.82) is 0 Å². The van der Waals surface area contributed by atoms with Gasteiger partial charge in [0, 0.05) is 24.7 Å². The van der Waals surface area contributed by atoms with Gasteiger partial charge in [0.1, 0.15) is 23.7 Å². The first-order valence-electron chi connectivity index (χ1n) is 6.14. The van der Waals surface area contributed by atoms with Crippen molar-refractivity contribution in [2.45, 2.75) is 26.6 Å². The van der Waals surface area contributed by atoms with Crippen molar-refractivity contribution >= 4 is 0 Å². The zero-order valence-corrected chi connectivity index (χ0v) is 11.1. The molecule has 0 radical (unpaired) electrons. The van der Waals surface area contributed by atoms with Crippen molar-refractivity contribution in [3.05, 3.63) is 41.7 Å². The lowest BCUT2D eigenvalue weighted by atomic mass is 10.2. The summed E-state index contributed by atoms with van der Waals surface area (Å²) >= 11 is 0. The Hall–Kier alpha value is -1.95. The van der Waals surface area contributed by atoms with Crippen molar-refractivity contribution in [2.24, 2.45) is 0 Å². The lowest BCUT2D eigenvalue weighted by Crippen LogP contribution is -2.17. The summed E-state index contributed by atoms with van der Waals surface area (Å²) in [7, 11) is 1.52. The number of hydrogen-bond donors (Lipinski definition) is 1. The SMILES string of the molecule is CCn1cnnc1CNCc1ccc(OC)cc1F. The van der Waals surface area contributed by atoms with Crippen LogP contribution >= 0.6 is 0 Å². The standard InChI is InChI=1S/C13H17FN4O/c1-3-18-9-16-17-13(18)8-15-7-10-4-5-11(19-2)6-12(10)14/h4-6,9,15H,3,7-8H2,1-2H3. The molecule has 1 aromatic carbocycles. The number of benzene rings is 1. The Kier molecular flexibility index (Phi) is 4.46. The average molecular weight is 264 g/mol. The summed E-state index contributed by atoms with van der Waals surface area (Å²) in [6.45, 7) is 3.84. The van der Waals surface area contributed by atoms with Crippen LogP contribution in [-0.4, -0.2) is 21.9 Å². The third-order valence-corrected chi connectivity index (χ3v) is 2.90. The molecular formula is C13H17FN4O. The summed E-state index contributed by atoms with van der Waals surface area (Å²) < 4.78 is 20.6. The fourth-order valence-corrected chi connectivity index (χ4v) is 1.79. The molecule has 1 N–H and O–H groups in total. The maximum absolute atomic E-state index is 13.7. The van der Waals surface area contributed by atoms with E-state index in [1.54, 1.807) is 18.5 Å². The maximum atomic E-state index is 13.7. The van der Waals surface area contributed by atoms with Gasteiger partial charge in [0.15, 0.2) is 0 Å². The zero-order chi connectivity index (χ0) is 13.7. The molecule has 2 rings (SSSR count). The first-order chi connectivity index (χ1) is 9.24. The minimum absolute atomic E-state index is 0.274. The third-order valence-electron chi connectivity index (χ3n) is 2.90. The first-order valence-corrected chi connectivity index (χ1v) is 6.14. The van der Waals surface area contributed by atoms with E-state index < -0.39 is 0 Å². The molecular weight excluding hydrogens is 247 g/mol. The van der Waals surface area contributed by atoms with Crippen molar-refractivity contribution in [3.63, 3.8) is 0 Å². The van der Waals surface area contributed by atoms with Gasteiger partial charge >= 0.3 is 0 Å². The van der Waals surface area contributed by atoms with Crippen LogP contribution < -0.4 is 10.1 Å². The molecule has 0 atom stereocenters. The number of ether oxygens (including phenoxy) is 1. The molecule has 1 heterocycles. The van der Waals surface area contributed by atoms with E-state index in [0.717, 1.165) is 12.4 Å². The number of nitrogens with one attached hydrogen (secondary N) is 1. The number of rotatable bonds is 6. The van der Waals surface area contributed by atoms with Crippen LogP contribution in [0.2, 0.25) is 0 Å². The molecule has 19 heavy (non-hydrogen) atoms. The molecule has 0 fully saturated rings. The molecule has 0 aliphatic heterocycles. The maximum Gasteiger partial charge on any atom is 0.146 e. The highest BCUT2D eigenvalue weighted by Gasteiger charge is 2.05. The molecule has 1 aromatic heterocycles. The molecule has 5 nitrogen and oxygen atoms in total. The number of nitrogens with zero attached hydrogens (tertiary/aromatic N) is 3. The second kappa shape index (κ2) is 6.29. The Morgan fingerprint density at radius 2 is 2.21 bits per heavy atom. The summed E-state index contributed by atoms with van der Waals surface area (Å²) in [6, 6.07) is 4.84. The van der Waals surface area contributed by atoms with Gasteiger partial charge in [0.05, 0.1) is 13.7 Å². The lowest BCUT2D eigenvalue weighted by molar-refractivity contribution is 0.410. The summed E-state index contributed by atoms with van der Waals surface area (Å²) in [5.41, 5.74) is 0.600. The van der Waals surface area contributed by atoms with E-state index in [1.165, 1.54) is 13.2 Å². The van der Waals surface area contributed by atoms with Gasteiger partial charge in [0.2, 0.25) is 0 Å². The Morgan fingerprint density at radius 1 is 1.37 bits per heavy atom. The average Bonchev–Trinajstić information content (AvgIpc) is 2.88. The number of hydrogen-bond acceptors (Lipinski definition) is 4. The fraction of sp³-hybridized carbons (Fsp3) is 0.385. The Morgan fingerprint density at radius 3 is 2.89 bits per heavy atom. The molecule has 0 saturated carbocycles. The molecule has 102 valence electrons. The van der Waals surface area contributed by atoms with Gasteiger partial charge in [-0.15, -0.1) is 10.2 Å². The van der Waals surface area contributed by atoms with Gasteiger partial charge in [-0.1, -0.05) is 6.07 Å². The van der Waals surface area contributed by atoms with Crippen molar-refractivity contribution < 1.29 is 9.13 Å². The van der Waals surface area contributed by atoms with Crippen LogP contribution in [-0.2, 0) is 19.6 Å². The van der Waals surface area contributed by atoms with E-state index in [1.807, 2.05) is 11.5 Å². The van der Waals surface area contributed by atoms with Crippen molar-refractivity contribution in [1.82, 2.24) is 20.1 Å². The minimum atomic E-state index is -0.274. The molecule has 0 aliphatic rings. The summed E-state index contributed by atoms with van der Waals surface area (Å²) in [5.74, 6) is 1.09. The highest BCUT2D eigenvalue weighted by molar-refractivity contribution is 5.28. The normalized spacial score (nSPS) is 10.7. The molecule has 2 aromatic rings. The van der Waals surface area contributed by atoms with Crippen LogP contribution in [0.4, 0.5) is 4.39 Å². The van der Waals surface area contributed by atoms with Crippen LogP contribution in [0.5, 0.6) is 5.75 Å². The molecule has 0 spiro atoms. The van der Waals surface area contributed by atoms with Crippen LogP contribution in [0, 0.1) is 5.82 Å². The number of halogens is 1. The fourth-order valence-electron chi connectivity index (χ4n) is 1.79. The number of aromatic nitrogens is 3. The minimum Gasteiger partial charge on any atom is -0.497 e. The molecule has 0 saturated heterocycles. The van der Waals surface area contributed by atoms with E-state index >= 15 is 0 Å². The van der Waals surface area contributed by atoms with E-state index in [2.05, 4.69) is 15.5 Å². The van der Waals surface area contributed by atoms with Crippen LogP contribution in [0.25, 0.3) is 0 Å².